The zero-order chi connectivity index (χ0) is 18.1. The Balaban J connectivity index is 1.76. The fraction of sp³-hybridized carbons (Fsp3) is 0.375. The molecule has 26 heavy (non-hydrogen) atoms. The van der Waals surface area contributed by atoms with Crippen LogP contribution in [-0.4, -0.2) is 48.5 Å². The van der Waals surface area contributed by atoms with Crippen LogP contribution in [0.15, 0.2) is 28.6 Å². The molecule has 0 spiro atoms. The van der Waals surface area contributed by atoms with Crippen LogP contribution in [0, 0.1) is 6.92 Å². The average Bonchev–Trinajstić information content (AvgIpc) is 3.33. The van der Waals surface area contributed by atoms with Gasteiger partial charge in [-0.3, -0.25) is 4.40 Å². The molecular formula is C16H19N7OS2. The van der Waals surface area contributed by atoms with Crippen LogP contribution >= 0.6 is 23.3 Å². The number of thioether (sulfide) groups is 1. The highest BCUT2D eigenvalue weighted by Gasteiger charge is 2.20. The second kappa shape index (κ2) is 7.22. The maximum absolute atomic E-state index is 9.61. The van der Waals surface area contributed by atoms with E-state index in [1.807, 2.05) is 31.6 Å². The Hall–Kier alpha value is -2.17. The van der Waals surface area contributed by atoms with E-state index in [4.69, 9.17) is 4.98 Å². The fourth-order valence-electron chi connectivity index (χ4n) is 2.68. The van der Waals surface area contributed by atoms with Crippen molar-refractivity contribution in [2.45, 2.75) is 30.9 Å². The molecule has 0 saturated carbocycles. The second-order valence-electron chi connectivity index (χ2n) is 6.17. The molecule has 4 heterocycles. The Labute approximate surface area is 158 Å². The van der Waals surface area contributed by atoms with Gasteiger partial charge in [-0.15, -0.1) is 11.8 Å². The Morgan fingerprint density at radius 1 is 1.54 bits per heavy atom. The van der Waals surface area contributed by atoms with Gasteiger partial charge in [0.2, 0.25) is 0 Å². The van der Waals surface area contributed by atoms with Crippen LogP contribution in [0.1, 0.15) is 24.2 Å². The molecule has 1 aliphatic rings. The topological polar surface area (TPSA) is 99.7 Å². The molecule has 0 radical (unpaired) electrons. The molecule has 2 atom stereocenters. The molecule has 3 N–H and O–H groups in total. The van der Waals surface area contributed by atoms with Crippen LogP contribution in [0.3, 0.4) is 0 Å². The summed E-state index contributed by atoms with van der Waals surface area (Å²) < 4.78 is 6.36. The van der Waals surface area contributed by atoms with E-state index in [9.17, 15) is 5.11 Å². The Morgan fingerprint density at radius 2 is 2.42 bits per heavy atom. The number of fused-ring (bicyclic) bond motifs is 1. The lowest BCUT2D eigenvalue weighted by Gasteiger charge is -2.11. The standard InChI is InChI=1S/C16H19N7OS2/c1-9-3-13(26-22-9)20-15-16-17-6-12(11-4-18-19-5-11)23(16)7-14(21-15)25-8-10(2)24/h3-4,6-7,10-11,19,24H,5,8H2,1-2H3,(H,20,21). The molecule has 136 valence electrons. The van der Waals surface area contributed by atoms with Gasteiger partial charge in [-0.05, 0) is 31.4 Å². The first kappa shape index (κ1) is 17.3. The summed E-state index contributed by atoms with van der Waals surface area (Å²) in [6.45, 7) is 4.48. The van der Waals surface area contributed by atoms with Gasteiger partial charge in [0.15, 0.2) is 11.5 Å². The largest absolute Gasteiger partial charge is 0.393 e. The summed E-state index contributed by atoms with van der Waals surface area (Å²) in [7, 11) is 0. The summed E-state index contributed by atoms with van der Waals surface area (Å²) in [5.41, 5.74) is 5.76. The molecule has 3 aromatic heterocycles. The predicted molar refractivity (Wildman–Crippen MR) is 105 cm³/mol. The molecule has 1 aliphatic heterocycles. The lowest BCUT2D eigenvalue weighted by atomic mass is 10.1. The first-order valence-corrected chi connectivity index (χ1v) is 10.0. The van der Waals surface area contributed by atoms with Gasteiger partial charge in [-0.2, -0.15) is 9.47 Å². The van der Waals surface area contributed by atoms with Crippen LogP contribution in [0.5, 0.6) is 0 Å². The van der Waals surface area contributed by atoms with E-state index in [1.54, 1.807) is 6.92 Å². The van der Waals surface area contributed by atoms with Crippen molar-refractivity contribution >= 4 is 46.0 Å². The van der Waals surface area contributed by atoms with Gasteiger partial charge in [0.05, 0.1) is 29.6 Å². The number of aliphatic hydroxyl groups excluding tert-OH is 1. The van der Waals surface area contributed by atoms with E-state index in [2.05, 4.69) is 29.6 Å². The van der Waals surface area contributed by atoms with Crippen molar-refractivity contribution in [2.24, 2.45) is 5.10 Å². The number of aromatic nitrogens is 4. The van der Waals surface area contributed by atoms with E-state index in [0.717, 1.165) is 33.6 Å². The highest BCUT2D eigenvalue weighted by Crippen LogP contribution is 2.29. The lowest BCUT2D eigenvalue weighted by molar-refractivity contribution is 0.220. The third kappa shape index (κ3) is 3.53. The van der Waals surface area contributed by atoms with Crippen molar-refractivity contribution in [3.63, 3.8) is 0 Å². The zero-order valence-electron chi connectivity index (χ0n) is 14.4. The maximum Gasteiger partial charge on any atom is 0.180 e. The predicted octanol–water partition coefficient (Wildman–Crippen LogP) is 2.38. The van der Waals surface area contributed by atoms with Gasteiger partial charge in [0.25, 0.3) is 0 Å². The molecule has 8 nitrogen and oxygen atoms in total. The molecule has 3 aromatic rings. The molecule has 4 rings (SSSR count). The van der Waals surface area contributed by atoms with E-state index in [0.29, 0.717) is 11.6 Å². The van der Waals surface area contributed by atoms with Crippen molar-refractivity contribution in [3.05, 3.63) is 29.8 Å². The number of imidazole rings is 1. The molecule has 0 aromatic carbocycles. The molecule has 2 unspecified atom stereocenters. The molecule has 0 fully saturated rings. The quantitative estimate of drug-likeness (QED) is 0.557. The molecule has 0 aliphatic carbocycles. The summed E-state index contributed by atoms with van der Waals surface area (Å²) in [5.74, 6) is 1.42. The normalized spacial score (nSPS) is 17.6. The monoisotopic (exact) mass is 389 g/mol. The van der Waals surface area contributed by atoms with E-state index < -0.39 is 6.10 Å². The second-order valence-corrected chi connectivity index (χ2v) is 8.01. The fourth-order valence-corrected chi connectivity index (χ4v) is 4.09. The molecule has 0 bridgehead atoms. The molecule has 0 saturated heterocycles. The Morgan fingerprint density at radius 3 is 3.12 bits per heavy atom. The summed E-state index contributed by atoms with van der Waals surface area (Å²) >= 11 is 2.91. The van der Waals surface area contributed by atoms with Gasteiger partial charge in [-0.25, -0.2) is 9.97 Å². The van der Waals surface area contributed by atoms with Crippen LogP contribution in [0.4, 0.5) is 10.8 Å². The molecular weight excluding hydrogens is 370 g/mol. The van der Waals surface area contributed by atoms with Crippen LogP contribution < -0.4 is 10.7 Å². The minimum absolute atomic E-state index is 0.167. The minimum atomic E-state index is -0.397. The van der Waals surface area contributed by atoms with Crippen LogP contribution in [-0.2, 0) is 0 Å². The highest BCUT2D eigenvalue weighted by atomic mass is 32.2. The number of hydrazone groups is 1. The van der Waals surface area contributed by atoms with Gasteiger partial charge < -0.3 is 15.8 Å². The number of anilines is 2. The molecule has 0 amide bonds. The van der Waals surface area contributed by atoms with Gasteiger partial charge in [0.1, 0.15) is 10.0 Å². The number of aliphatic hydroxyl groups is 1. The SMILES string of the molecule is Cc1cc(Nc2nc(SCC(C)O)cn3c(C4C=NNC4)cnc23)sn1. The third-order valence-electron chi connectivity index (χ3n) is 3.88. The van der Waals surface area contributed by atoms with E-state index in [1.165, 1.54) is 23.3 Å². The van der Waals surface area contributed by atoms with Crippen molar-refractivity contribution in [1.82, 2.24) is 24.2 Å². The van der Waals surface area contributed by atoms with E-state index >= 15 is 0 Å². The first-order valence-electron chi connectivity index (χ1n) is 8.25. The van der Waals surface area contributed by atoms with Crippen molar-refractivity contribution < 1.29 is 5.11 Å². The minimum Gasteiger partial charge on any atom is -0.393 e. The number of hydrogen-bond acceptors (Lipinski definition) is 9. The number of nitrogens with one attached hydrogen (secondary N) is 2. The number of nitrogens with zero attached hydrogens (tertiary/aromatic N) is 5. The zero-order valence-corrected chi connectivity index (χ0v) is 16.0. The van der Waals surface area contributed by atoms with Crippen LogP contribution in [0.2, 0.25) is 0 Å². The summed E-state index contributed by atoms with van der Waals surface area (Å²) in [5, 5.41) is 18.8. The highest BCUT2D eigenvalue weighted by molar-refractivity contribution is 7.99. The lowest BCUT2D eigenvalue weighted by Crippen LogP contribution is -2.11. The van der Waals surface area contributed by atoms with E-state index in [-0.39, 0.29) is 5.92 Å². The van der Waals surface area contributed by atoms with Gasteiger partial charge in [-0.1, -0.05) is 0 Å². The summed E-state index contributed by atoms with van der Waals surface area (Å²) in [6, 6.07) is 1.98. The molecule has 10 heteroatoms. The summed E-state index contributed by atoms with van der Waals surface area (Å²) in [6.07, 6.45) is 5.34. The Kier molecular flexibility index (Phi) is 4.79. The smallest absolute Gasteiger partial charge is 0.180 e. The number of rotatable bonds is 6. The van der Waals surface area contributed by atoms with Crippen molar-refractivity contribution in [3.8, 4) is 0 Å². The van der Waals surface area contributed by atoms with Gasteiger partial charge >= 0.3 is 0 Å². The summed E-state index contributed by atoms with van der Waals surface area (Å²) in [4.78, 5) is 9.28. The van der Waals surface area contributed by atoms with Crippen molar-refractivity contribution in [1.29, 1.82) is 0 Å². The number of aryl methyl sites for hydroxylation is 1. The maximum atomic E-state index is 9.61. The van der Waals surface area contributed by atoms with Gasteiger partial charge in [0, 0.05) is 24.7 Å². The number of hydrogen-bond donors (Lipinski definition) is 3. The first-order chi connectivity index (χ1) is 12.6. The average molecular weight is 390 g/mol. The van der Waals surface area contributed by atoms with Crippen molar-refractivity contribution in [2.75, 3.05) is 17.6 Å². The van der Waals surface area contributed by atoms with Crippen LogP contribution in [0.25, 0.3) is 5.65 Å². The third-order valence-corrected chi connectivity index (χ3v) is 5.82. The Bertz CT molecular complexity index is 949.